The Labute approximate surface area is 143 Å². The molecule has 0 aromatic heterocycles. The fourth-order valence-electron chi connectivity index (χ4n) is 2.46. The molecule has 0 spiro atoms. The molecule has 3 amide bonds. The van der Waals surface area contributed by atoms with Gasteiger partial charge >= 0.3 is 6.03 Å². The first-order valence-corrected chi connectivity index (χ1v) is 7.79. The zero-order chi connectivity index (χ0) is 15.9. The van der Waals surface area contributed by atoms with Crippen LogP contribution in [0.25, 0.3) is 0 Å². The van der Waals surface area contributed by atoms with Crippen LogP contribution in [0.1, 0.15) is 30.6 Å². The second-order valence-electron chi connectivity index (χ2n) is 5.46. The highest BCUT2D eigenvalue weighted by Gasteiger charge is 2.20. The summed E-state index contributed by atoms with van der Waals surface area (Å²) in [7, 11) is 0. The molecule has 0 aliphatic carbocycles. The molecule has 128 valence electrons. The van der Waals surface area contributed by atoms with Crippen molar-refractivity contribution in [2.24, 2.45) is 0 Å². The molecule has 7 heteroatoms. The van der Waals surface area contributed by atoms with E-state index in [0.29, 0.717) is 25.2 Å². The minimum atomic E-state index is -0.121. The van der Waals surface area contributed by atoms with Crippen molar-refractivity contribution in [3.63, 3.8) is 0 Å². The van der Waals surface area contributed by atoms with Gasteiger partial charge in [0.15, 0.2) is 0 Å². The van der Waals surface area contributed by atoms with Gasteiger partial charge in [0.25, 0.3) is 5.91 Å². The number of benzene rings is 1. The third-order valence-electron chi connectivity index (χ3n) is 3.62. The summed E-state index contributed by atoms with van der Waals surface area (Å²) < 4.78 is 0. The molecule has 3 N–H and O–H groups in total. The number of hydrogen-bond donors (Lipinski definition) is 3. The lowest BCUT2D eigenvalue weighted by Gasteiger charge is -2.27. The third kappa shape index (κ3) is 5.41. The Morgan fingerprint density at radius 2 is 2.22 bits per heavy atom. The molecule has 0 saturated carbocycles. The summed E-state index contributed by atoms with van der Waals surface area (Å²) in [4.78, 5) is 25.7. The zero-order valence-corrected chi connectivity index (χ0v) is 14.4. The number of carbonyl (C=O) groups excluding carboxylic acids is 2. The van der Waals surface area contributed by atoms with Gasteiger partial charge in [-0.25, -0.2) is 4.79 Å². The van der Waals surface area contributed by atoms with E-state index in [9.17, 15) is 9.59 Å². The first-order chi connectivity index (χ1) is 10.6. The molecular formula is C16H25ClN4O2. The van der Waals surface area contributed by atoms with Crippen molar-refractivity contribution < 1.29 is 9.59 Å². The Balaban J connectivity index is 0.00000264. The highest BCUT2D eigenvalue weighted by Crippen LogP contribution is 2.18. The van der Waals surface area contributed by atoms with Crippen LogP contribution in [-0.4, -0.2) is 44.2 Å². The Bertz CT molecular complexity index is 539. The SMILES string of the molecule is CCN[C@H](C)CNC(=O)c1cccc(N2CCCNC2=O)c1.Cl. The minimum absolute atomic E-state index is 0. The molecule has 1 saturated heterocycles. The maximum absolute atomic E-state index is 12.2. The van der Waals surface area contributed by atoms with Crippen LogP contribution >= 0.6 is 12.4 Å². The maximum Gasteiger partial charge on any atom is 0.321 e. The van der Waals surface area contributed by atoms with Gasteiger partial charge in [0.1, 0.15) is 0 Å². The highest BCUT2D eigenvalue weighted by molar-refractivity contribution is 5.97. The van der Waals surface area contributed by atoms with Gasteiger partial charge in [0.05, 0.1) is 0 Å². The summed E-state index contributed by atoms with van der Waals surface area (Å²) in [6, 6.07) is 7.30. The third-order valence-corrected chi connectivity index (χ3v) is 3.62. The quantitative estimate of drug-likeness (QED) is 0.738. The number of rotatable bonds is 6. The van der Waals surface area contributed by atoms with Crippen LogP contribution < -0.4 is 20.9 Å². The van der Waals surface area contributed by atoms with E-state index in [1.165, 1.54) is 0 Å². The molecule has 6 nitrogen and oxygen atoms in total. The molecule has 1 heterocycles. The van der Waals surface area contributed by atoms with E-state index in [4.69, 9.17) is 0 Å². The van der Waals surface area contributed by atoms with Crippen LogP contribution in [0.3, 0.4) is 0 Å². The predicted molar refractivity (Wildman–Crippen MR) is 94.5 cm³/mol. The van der Waals surface area contributed by atoms with Crippen LogP contribution in [0.2, 0.25) is 0 Å². The summed E-state index contributed by atoms with van der Waals surface area (Å²) in [6.45, 7) is 6.88. The molecule has 1 aromatic carbocycles. The molecule has 1 aliphatic heterocycles. The number of hydrogen-bond acceptors (Lipinski definition) is 3. The van der Waals surface area contributed by atoms with Gasteiger partial charge in [0.2, 0.25) is 0 Å². The van der Waals surface area contributed by atoms with Crippen molar-refractivity contribution in [3.8, 4) is 0 Å². The average molecular weight is 341 g/mol. The summed E-state index contributed by atoms with van der Waals surface area (Å²) in [5, 5.41) is 8.96. The van der Waals surface area contributed by atoms with Crippen LogP contribution in [0, 0.1) is 0 Å². The van der Waals surface area contributed by atoms with E-state index in [1.807, 2.05) is 19.9 Å². The van der Waals surface area contributed by atoms with Gasteiger partial charge in [0, 0.05) is 36.9 Å². The van der Waals surface area contributed by atoms with Gasteiger partial charge in [-0.15, -0.1) is 12.4 Å². The number of likely N-dealkylation sites (N-methyl/N-ethyl adjacent to an activating group) is 1. The van der Waals surface area contributed by atoms with Crippen LogP contribution in [0.4, 0.5) is 10.5 Å². The van der Waals surface area contributed by atoms with Crippen molar-refractivity contribution in [1.82, 2.24) is 16.0 Å². The first kappa shape index (κ1) is 19.3. The molecule has 23 heavy (non-hydrogen) atoms. The molecule has 0 bridgehead atoms. The van der Waals surface area contributed by atoms with E-state index in [0.717, 1.165) is 18.7 Å². The Hall–Kier alpha value is -1.79. The normalized spacial score (nSPS) is 15.4. The van der Waals surface area contributed by atoms with Crippen molar-refractivity contribution in [2.75, 3.05) is 31.1 Å². The van der Waals surface area contributed by atoms with E-state index in [1.54, 1.807) is 23.1 Å². The molecular weight excluding hydrogens is 316 g/mol. The molecule has 1 aromatic rings. The topological polar surface area (TPSA) is 73.5 Å². The van der Waals surface area contributed by atoms with Gasteiger partial charge < -0.3 is 16.0 Å². The van der Waals surface area contributed by atoms with Crippen LogP contribution in [0.5, 0.6) is 0 Å². The van der Waals surface area contributed by atoms with Crippen molar-refractivity contribution in [2.45, 2.75) is 26.3 Å². The van der Waals surface area contributed by atoms with Gasteiger partial charge in [-0.05, 0) is 38.1 Å². The van der Waals surface area contributed by atoms with Crippen molar-refractivity contribution in [3.05, 3.63) is 29.8 Å². The van der Waals surface area contributed by atoms with E-state index in [-0.39, 0.29) is 30.4 Å². The number of nitrogens with zero attached hydrogens (tertiary/aromatic N) is 1. The summed E-state index contributed by atoms with van der Waals surface area (Å²) >= 11 is 0. The van der Waals surface area contributed by atoms with E-state index in [2.05, 4.69) is 16.0 Å². The monoisotopic (exact) mass is 340 g/mol. The second-order valence-corrected chi connectivity index (χ2v) is 5.46. The van der Waals surface area contributed by atoms with Crippen molar-refractivity contribution in [1.29, 1.82) is 0 Å². The highest BCUT2D eigenvalue weighted by atomic mass is 35.5. The molecule has 0 radical (unpaired) electrons. The fourth-order valence-corrected chi connectivity index (χ4v) is 2.46. The number of anilines is 1. The van der Waals surface area contributed by atoms with Crippen LogP contribution in [-0.2, 0) is 0 Å². The lowest BCUT2D eigenvalue weighted by molar-refractivity contribution is 0.0950. The van der Waals surface area contributed by atoms with Crippen molar-refractivity contribution >= 4 is 30.0 Å². The Kier molecular flexibility index (Phi) is 7.85. The number of halogens is 1. The summed E-state index contributed by atoms with van der Waals surface area (Å²) in [6.07, 6.45) is 0.905. The molecule has 1 atom stereocenters. The van der Waals surface area contributed by atoms with Gasteiger partial charge in [-0.3, -0.25) is 9.69 Å². The Morgan fingerprint density at radius 1 is 1.43 bits per heavy atom. The van der Waals surface area contributed by atoms with E-state index < -0.39 is 0 Å². The second kappa shape index (κ2) is 9.37. The summed E-state index contributed by atoms with van der Waals surface area (Å²) in [5.41, 5.74) is 1.32. The average Bonchev–Trinajstić information content (AvgIpc) is 2.53. The maximum atomic E-state index is 12.2. The van der Waals surface area contributed by atoms with Gasteiger partial charge in [-0.1, -0.05) is 13.0 Å². The standard InChI is InChI=1S/C16H24N4O2.ClH/c1-3-17-12(2)11-19-15(21)13-6-4-7-14(10-13)20-9-5-8-18-16(20)22;/h4,6-7,10,12,17H,3,5,8-9,11H2,1-2H3,(H,18,22)(H,19,21);1H/t12-;/m1./s1. The number of carbonyl (C=O) groups is 2. The minimum Gasteiger partial charge on any atom is -0.350 e. The Morgan fingerprint density at radius 3 is 2.91 bits per heavy atom. The lowest BCUT2D eigenvalue weighted by Crippen LogP contribution is -2.46. The predicted octanol–water partition coefficient (Wildman–Crippen LogP) is 1.76. The van der Waals surface area contributed by atoms with Crippen LogP contribution in [0.15, 0.2) is 24.3 Å². The molecule has 1 aliphatic rings. The number of amides is 3. The fraction of sp³-hybridized carbons (Fsp3) is 0.500. The largest absolute Gasteiger partial charge is 0.350 e. The summed E-state index contributed by atoms with van der Waals surface area (Å²) in [5.74, 6) is -0.121. The lowest BCUT2D eigenvalue weighted by atomic mass is 10.1. The molecule has 0 unspecified atom stereocenters. The number of urea groups is 1. The first-order valence-electron chi connectivity index (χ1n) is 7.79. The smallest absolute Gasteiger partial charge is 0.321 e. The molecule has 1 fully saturated rings. The van der Waals surface area contributed by atoms with E-state index >= 15 is 0 Å². The number of nitrogens with one attached hydrogen (secondary N) is 3. The zero-order valence-electron chi connectivity index (χ0n) is 13.6. The molecule has 2 rings (SSSR count). The van der Waals surface area contributed by atoms with Gasteiger partial charge in [-0.2, -0.15) is 0 Å².